The molecule has 0 saturated heterocycles. The van der Waals surface area contributed by atoms with E-state index >= 15 is 0 Å². The van der Waals surface area contributed by atoms with E-state index in [2.05, 4.69) is 59.5 Å². The fourth-order valence-corrected chi connectivity index (χ4v) is 2.44. The van der Waals surface area contributed by atoms with Gasteiger partial charge in [-0.3, -0.25) is 4.79 Å². The highest BCUT2D eigenvalue weighted by molar-refractivity contribution is 9.10. The highest BCUT2D eigenvalue weighted by Gasteiger charge is 2.12. The maximum atomic E-state index is 11.9. The van der Waals surface area contributed by atoms with Crippen molar-refractivity contribution < 1.29 is 4.79 Å². The lowest BCUT2D eigenvalue weighted by Gasteiger charge is -2.19. The minimum atomic E-state index is -0.0713. The molecule has 2 N–H and O–H groups in total. The minimum Gasteiger partial charge on any atom is -0.376 e. The van der Waals surface area contributed by atoms with Crippen LogP contribution in [0.15, 0.2) is 53.0 Å². The summed E-state index contributed by atoms with van der Waals surface area (Å²) in [6.45, 7) is 6.78. The topological polar surface area (TPSA) is 41.1 Å². The van der Waals surface area contributed by atoms with Crippen LogP contribution >= 0.6 is 15.9 Å². The molecule has 0 heterocycles. The molecule has 0 atom stereocenters. The monoisotopic (exact) mass is 360 g/mol. The number of rotatable bonds is 4. The summed E-state index contributed by atoms with van der Waals surface area (Å²) in [4.78, 5) is 11.9. The first-order valence-corrected chi connectivity index (χ1v) is 8.04. The lowest BCUT2D eigenvalue weighted by atomic mass is 9.87. The molecule has 0 unspecified atom stereocenters. The van der Waals surface area contributed by atoms with Crippen LogP contribution in [0.3, 0.4) is 0 Å². The molecule has 0 spiro atoms. The molecule has 3 nitrogen and oxygen atoms in total. The predicted octanol–water partition coefficient (Wildman–Crippen LogP) is 4.80. The number of anilines is 2. The van der Waals surface area contributed by atoms with Gasteiger partial charge in [0.05, 0.1) is 6.54 Å². The molecule has 0 aliphatic carbocycles. The number of carbonyl (C=O) groups excluding carboxylic acids is 1. The molecular formula is C18H21BrN2O. The largest absolute Gasteiger partial charge is 0.376 e. The van der Waals surface area contributed by atoms with Crippen molar-refractivity contribution in [2.45, 2.75) is 26.2 Å². The SMILES string of the molecule is CC(C)(C)c1ccc(NCC(=O)Nc2cccc(Br)c2)cc1. The van der Waals surface area contributed by atoms with E-state index in [9.17, 15) is 4.79 Å². The molecule has 2 aromatic rings. The Labute approximate surface area is 140 Å². The predicted molar refractivity (Wildman–Crippen MR) is 96.4 cm³/mol. The number of nitrogens with one attached hydrogen (secondary N) is 2. The summed E-state index contributed by atoms with van der Waals surface area (Å²) in [5.74, 6) is -0.0713. The Hall–Kier alpha value is -1.81. The number of hydrogen-bond donors (Lipinski definition) is 2. The number of amides is 1. The summed E-state index contributed by atoms with van der Waals surface area (Å²) >= 11 is 3.38. The second kappa shape index (κ2) is 6.97. The highest BCUT2D eigenvalue weighted by atomic mass is 79.9. The molecule has 2 aromatic carbocycles. The Morgan fingerprint density at radius 3 is 2.32 bits per heavy atom. The lowest BCUT2D eigenvalue weighted by Crippen LogP contribution is -2.21. The average Bonchev–Trinajstić information content (AvgIpc) is 2.45. The molecule has 0 aliphatic rings. The smallest absolute Gasteiger partial charge is 0.243 e. The summed E-state index contributed by atoms with van der Waals surface area (Å²) in [6, 6.07) is 15.7. The van der Waals surface area contributed by atoms with E-state index in [-0.39, 0.29) is 17.9 Å². The summed E-state index contributed by atoms with van der Waals surface area (Å²) in [5.41, 5.74) is 3.13. The van der Waals surface area contributed by atoms with Crippen molar-refractivity contribution in [3.8, 4) is 0 Å². The first-order chi connectivity index (χ1) is 10.3. The molecule has 22 heavy (non-hydrogen) atoms. The molecule has 0 aromatic heterocycles. The van der Waals surface area contributed by atoms with Crippen molar-refractivity contribution >= 4 is 33.2 Å². The maximum Gasteiger partial charge on any atom is 0.243 e. The Bertz CT molecular complexity index is 645. The number of carbonyl (C=O) groups is 1. The molecule has 0 fully saturated rings. The van der Waals surface area contributed by atoms with Gasteiger partial charge >= 0.3 is 0 Å². The number of hydrogen-bond acceptors (Lipinski definition) is 2. The third-order valence-electron chi connectivity index (χ3n) is 3.31. The van der Waals surface area contributed by atoms with E-state index in [0.717, 1.165) is 15.8 Å². The average molecular weight is 361 g/mol. The van der Waals surface area contributed by atoms with Gasteiger partial charge in [0, 0.05) is 15.8 Å². The van der Waals surface area contributed by atoms with Crippen molar-refractivity contribution in [1.29, 1.82) is 0 Å². The van der Waals surface area contributed by atoms with Gasteiger partial charge in [-0.25, -0.2) is 0 Å². The molecule has 0 bridgehead atoms. The molecule has 4 heteroatoms. The molecule has 0 radical (unpaired) electrons. The zero-order chi connectivity index (χ0) is 16.2. The van der Waals surface area contributed by atoms with E-state index in [1.54, 1.807) is 0 Å². The van der Waals surface area contributed by atoms with E-state index in [0.29, 0.717) is 0 Å². The molecule has 1 amide bonds. The molecular weight excluding hydrogens is 340 g/mol. The normalized spacial score (nSPS) is 11.1. The molecule has 0 aliphatic heterocycles. The number of benzene rings is 2. The van der Waals surface area contributed by atoms with Crippen LogP contribution < -0.4 is 10.6 Å². The van der Waals surface area contributed by atoms with Gasteiger partial charge in [0.1, 0.15) is 0 Å². The van der Waals surface area contributed by atoms with Gasteiger partial charge in [0.15, 0.2) is 0 Å². The fraction of sp³-hybridized carbons (Fsp3) is 0.278. The zero-order valence-electron chi connectivity index (χ0n) is 13.1. The molecule has 116 valence electrons. The summed E-state index contributed by atoms with van der Waals surface area (Å²) in [5, 5.41) is 5.99. The van der Waals surface area contributed by atoms with Crippen LogP contribution in [0, 0.1) is 0 Å². The molecule has 2 rings (SSSR count). The first-order valence-electron chi connectivity index (χ1n) is 7.24. The zero-order valence-corrected chi connectivity index (χ0v) is 14.7. The summed E-state index contributed by atoms with van der Waals surface area (Å²) in [6.07, 6.45) is 0. The first kappa shape index (κ1) is 16.6. The third kappa shape index (κ3) is 4.88. The number of halogens is 1. The van der Waals surface area contributed by atoms with Gasteiger partial charge in [0.25, 0.3) is 0 Å². The maximum absolute atomic E-state index is 11.9. The van der Waals surface area contributed by atoms with E-state index in [1.807, 2.05) is 36.4 Å². The fourth-order valence-electron chi connectivity index (χ4n) is 2.04. The summed E-state index contributed by atoms with van der Waals surface area (Å²) in [7, 11) is 0. The standard InChI is InChI=1S/C18H21BrN2O/c1-18(2,3)13-7-9-15(10-8-13)20-12-17(22)21-16-6-4-5-14(19)11-16/h4-11,20H,12H2,1-3H3,(H,21,22). The van der Waals surface area contributed by atoms with Crippen molar-refractivity contribution in [3.05, 3.63) is 58.6 Å². The van der Waals surface area contributed by atoms with Crippen LogP contribution in [-0.2, 0) is 10.2 Å². The highest BCUT2D eigenvalue weighted by Crippen LogP contribution is 2.23. The quantitative estimate of drug-likeness (QED) is 0.822. The second-order valence-electron chi connectivity index (χ2n) is 6.24. The lowest BCUT2D eigenvalue weighted by molar-refractivity contribution is -0.114. The Morgan fingerprint density at radius 1 is 1.05 bits per heavy atom. The van der Waals surface area contributed by atoms with Crippen molar-refractivity contribution in [1.82, 2.24) is 0 Å². The van der Waals surface area contributed by atoms with Crippen molar-refractivity contribution in [3.63, 3.8) is 0 Å². The van der Waals surface area contributed by atoms with E-state index in [1.165, 1.54) is 5.56 Å². The van der Waals surface area contributed by atoms with Gasteiger partial charge in [-0.15, -0.1) is 0 Å². The van der Waals surface area contributed by atoms with Crippen LogP contribution in [0.5, 0.6) is 0 Å². The van der Waals surface area contributed by atoms with E-state index < -0.39 is 0 Å². The van der Waals surface area contributed by atoms with E-state index in [4.69, 9.17) is 0 Å². The minimum absolute atomic E-state index is 0.0713. The van der Waals surface area contributed by atoms with Crippen LogP contribution in [0.1, 0.15) is 26.3 Å². The summed E-state index contributed by atoms with van der Waals surface area (Å²) < 4.78 is 0.941. The van der Waals surface area contributed by atoms with Crippen LogP contribution in [-0.4, -0.2) is 12.5 Å². The van der Waals surface area contributed by atoms with Gasteiger partial charge in [-0.05, 0) is 41.3 Å². The van der Waals surface area contributed by atoms with Gasteiger partial charge in [0.2, 0.25) is 5.91 Å². The van der Waals surface area contributed by atoms with Gasteiger partial charge in [-0.1, -0.05) is 54.9 Å². The van der Waals surface area contributed by atoms with Crippen LogP contribution in [0.4, 0.5) is 11.4 Å². The molecule has 0 saturated carbocycles. The van der Waals surface area contributed by atoms with Crippen LogP contribution in [0.2, 0.25) is 0 Å². The van der Waals surface area contributed by atoms with Crippen LogP contribution in [0.25, 0.3) is 0 Å². The van der Waals surface area contributed by atoms with Gasteiger partial charge in [-0.2, -0.15) is 0 Å². The Morgan fingerprint density at radius 2 is 1.73 bits per heavy atom. The van der Waals surface area contributed by atoms with Gasteiger partial charge < -0.3 is 10.6 Å². The Kier molecular flexibility index (Phi) is 5.24. The second-order valence-corrected chi connectivity index (χ2v) is 7.16. The Balaban J connectivity index is 1.88. The van der Waals surface area contributed by atoms with Crippen molar-refractivity contribution in [2.75, 3.05) is 17.2 Å². The van der Waals surface area contributed by atoms with Crippen molar-refractivity contribution in [2.24, 2.45) is 0 Å². The third-order valence-corrected chi connectivity index (χ3v) is 3.81.